The first kappa shape index (κ1) is 24.6. The molecule has 170 valence electrons. The third-order valence-corrected chi connectivity index (χ3v) is 6.43. The van der Waals surface area contributed by atoms with E-state index in [1.165, 1.54) is 11.8 Å². The van der Waals surface area contributed by atoms with Crippen molar-refractivity contribution in [2.24, 2.45) is 0 Å². The Morgan fingerprint density at radius 2 is 1.94 bits per heavy atom. The average molecular weight is 494 g/mol. The molecule has 0 bridgehead atoms. The monoisotopic (exact) mass is 493 g/mol. The molecular formula is C23H25Cl2N3O3S. The van der Waals surface area contributed by atoms with Crippen molar-refractivity contribution in [2.45, 2.75) is 44.1 Å². The summed E-state index contributed by atoms with van der Waals surface area (Å²) < 4.78 is 7.02. The maximum absolute atomic E-state index is 13.2. The molecule has 6 nitrogen and oxygen atoms in total. The van der Waals surface area contributed by atoms with Gasteiger partial charge in [-0.2, -0.15) is 0 Å². The van der Waals surface area contributed by atoms with Gasteiger partial charge in [0, 0.05) is 35.5 Å². The molecule has 3 rings (SSSR count). The number of nitrogens with zero attached hydrogens (tertiary/aromatic N) is 2. The van der Waals surface area contributed by atoms with Crippen molar-refractivity contribution < 1.29 is 9.53 Å². The lowest BCUT2D eigenvalue weighted by atomic mass is 10.2. The SMILES string of the molecule is CCOCCCn1c(SC(C)C(=O)Nc2cc(Cl)ccc2C)nc2cc(Cl)ccc2c1=O. The summed E-state index contributed by atoms with van der Waals surface area (Å²) in [7, 11) is 0. The number of hydrogen-bond donors (Lipinski definition) is 1. The molecule has 0 saturated carbocycles. The zero-order valence-electron chi connectivity index (χ0n) is 18.2. The maximum atomic E-state index is 13.2. The Morgan fingerprint density at radius 3 is 2.69 bits per heavy atom. The number of carbonyl (C=O) groups is 1. The minimum atomic E-state index is -0.505. The van der Waals surface area contributed by atoms with Gasteiger partial charge < -0.3 is 10.1 Å². The van der Waals surface area contributed by atoms with E-state index in [0.29, 0.717) is 58.0 Å². The van der Waals surface area contributed by atoms with E-state index in [2.05, 4.69) is 10.3 Å². The summed E-state index contributed by atoms with van der Waals surface area (Å²) in [6.07, 6.45) is 0.657. The van der Waals surface area contributed by atoms with Crippen LogP contribution in [0.1, 0.15) is 25.8 Å². The summed E-state index contributed by atoms with van der Waals surface area (Å²) in [6.45, 7) is 7.19. The van der Waals surface area contributed by atoms with Crippen LogP contribution < -0.4 is 10.9 Å². The molecule has 9 heteroatoms. The van der Waals surface area contributed by atoms with E-state index >= 15 is 0 Å². The first-order chi connectivity index (χ1) is 15.3. The van der Waals surface area contributed by atoms with E-state index in [0.717, 1.165) is 5.56 Å². The third kappa shape index (κ3) is 6.04. The fourth-order valence-electron chi connectivity index (χ4n) is 3.10. The molecule has 0 aliphatic carbocycles. The lowest BCUT2D eigenvalue weighted by molar-refractivity contribution is -0.115. The number of halogens is 2. The van der Waals surface area contributed by atoms with Gasteiger partial charge in [0.25, 0.3) is 5.56 Å². The van der Waals surface area contributed by atoms with Crippen molar-refractivity contribution in [2.75, 3.05) is 18.5 Å². The molecule has 0 aliphatic rings. The van der Waals surface area contributed by atoms with Crippen molar-refractivity contribution in [3.63, 3.8) is 0 Å². The zero-order valence-corrected chi connectivity index (χ0v) is 20.5. The number of carbonyl (C=O) groups excluding carboxylic acids is 1. The molecule has 0 fully saturated rings. The Balaban J connectivity index is 1.88. The number of ether oxygens (including phenoxy) is 1. The minimum absolute atomic E-state index is 0.163. The second kappa shape index (κ2) is 11.2. The largest absolute Gasteiger partial charge is 0.382 e. The van der Waals surface area contributed by atoms with Gasteiger partial charge in [-0.05, 0) is 63.1 Å². The predicted molar refractivity (Wildman–Crippen MR) is 132 cm³/mol. The Morgan fingerprint density at radius 1 is 1.22 bits per heavy atom. The van der Waals surface area contributed by atoms with Crippen LogP contribution in [0.25, 0.3) is 10.9 Å². The highest BCUT2D eigenvalue weighted by Crippen LogP contribution is 2.26. The molecule has 0 spiro atoms. The molecule has 0 radical (unpaired) electrons. The number of nitrogens with one attached hydrogen (secondary N) is 1. The minimum Gasteiger partial charge on any atom is -0.382 e. The highest BCUT2D eigenvalue weighted by atomic mass is 35.5. The smallest absolute Gasteiger partial charge is 0.262 e. The van der Waals surface area contributed by atoms with Gasteiger partial charge in [-0.1, -0.05) is 41.0 Å². The average Bonchev–Trinajstić information content (AvgIpc) is 2.75. The summed E-state index contributed by atoms with van der Waals surface area (Å²) >= 11 is 13.4. The molecule has 1 heterocycles. The highest BCUT2D eigenvalue weighted by molar-refractivity contribution is 8.00. The van der Waals surface area contributed by atoms with E-state index in [1.54, 1.807) is 41.8 Å². The van der Waals surface area contributed by atoms with Crippen LogP contribution in [-0.2, 0) is 16.1 Å². The lowest BCUT2D eigenvalue weighted by Crippen LogP contribution is -2.27. The Kier molecular flexibility index (Phi) is 8.59. The topological polar surface area (TPSA) is 73.2 Å². The van der Waals surface area contributed by atoms with E-state index in [-0.39, 0.29) is 11.5 Å². The standard InChI is InChI=1S/C23H25Cl2N3O3S/c1-4-31-11-5-10-28-22(30)18-9-8-17(25)13-20(18)27-23(28)32-15(3)21(29)26-19-12-16(24)7-6-14(19)2/h6-9,12-13,15H,4-5,10-11H2,1-3H3,(H,26,29). The molecule has 1 atom stereocenters. The van der Waals surface area contributed by atoms with Crippen LogP contribution in [0.2, 0.25) is 10.0 Å². The van der Waals surface area contributed by atoms with E-state index in [9.17, 15) is 9.59 Å². The number of aromatic nitrogens is 2. The molecule has 1 amide bonds. The van der Waals surface area contributed by atoms with Crippen LogP contribution in [0.4, 0.5) is 5.69 Å². The summed E-state index contributed by atoms with van der Waals surface area (Å²) in [6, 6.07) is 10.3. The van der Waals surface area contributed by atoms with Crippen LogP contribution in [0.5, 0.6) is 0 Å². The molecule has 2 aromatic carbocycles. The Labute approximate surface area is 201 Å². The van der Waals surface area contributed by atoms with E-state index < -0.39 is 5.25 Å². The molecular weight excluding hydrogens is 469 g/mol. The molecule has 0 saturated heterocycles. The fraction of sp³-hybridized carbons (Fsp3) is 0.348. The van der Waals surface area contributed by atoms with Gasteiger partial charge in [0.05, 0.1) is 16.2 Å². The normalized spacial score (nSPS) is 12.2. The van der Waals surface area contributed by atoms with Crippen molar-refractivity contribution in [3.8, 4) is 0 Å². The van der Waals surface area contributed by atoms with Crippen LogP contribution in [0, 0.1) is 6.92 Å². The second-order valence-electron chi connectivity index (χ2n) is 7.27. The summed E-state index contributed by atoms with van der Waals surface area (Å²) in [5.41, 5.74) is 1.90. The number of anilines is 1. The quantitative estimate of drug-likeness (QED) is 0.240. The molecule has 1 unspecified atom stereocenters. The lowest BCUT2D eigenvalue weighted by Gasteiger charge is -2.17. The van der Waals surface area contributed by atoms with Crippen LogP contribution in [0.15, 0.2) is 46.3 Å². The van der Waals surface area contributed by atoms with Gasteiger partial charge >= 0.3 is 0 Å². The van der Waals surface area contributed by atoms with Gasteiger partial charge in [-0.3, -0.25) is 14.2 Å². The fourth-order valence-corrected chi connectivity index (χ4v) is 4.38. The van der Waals surface area contributed by atoms with Crippen LogP contribution >= 0.6 is 35.0 Å². The van der Waals surface area contributed by atoms with Crippen molar-refractivity contribution in [3.05, 3.63) is 62.4 Å². The van der Waals surface area contributed by atoms with E-state index in [4.69, 9.17) is 27.9 Å². The molecule has 3 aromatic rings. The van der Waals surface area contributed by atoms with Gasteiger partial charge in [0.1, 0.15) is 0 Å². The number of thioether (sulfide) groups is 1. The Bertz CT molecular complexity index is 1180. The second-order valence-corrected chi connectivity index (χ2v) is 9.45. The first-order valence-corrected chi connectivity index (χ1v) is 11.9. The number of benzene rings is 2. The zero-order chi connectivity index (χ0) is 23.3. The van der Waals surface area contributed by atoms with Crippen LogP contribution in [-0.4, -0.2) is 33.9 Å². The molecule has 1 aromatic heterocycles. The number of hydrogen-bond acceptors (Lipinski definition) is 5. The number of aryl methyl sites for hydroxylation is 1. The highest BCUT2D eigenvalue weighted by Gasteiger charge is 2.20. The van der Waals surface area contributed by atoms with Crippen LogP contribution in [0.3, 0.4) is 0 Å². The van der Waals surface area contributed by atoms with Gasteiger partial charge in [-0.25, -0.2) is 4.98 Å². The van der Waals surface area contributed by atoms with Crippen molar-refractivity contribution in [1.29, 1.82) is 0 Å². The van der Waals surface area contributed by atoms with Gasteiger partial charge in [0.2, 0.25) is 5.91 Å². The Hall–Kier alpha value is -2.06. The van der Waals surface area contributed by atoms with Gasteiger partial charge in [-0.15, -0.1) is 0 Å². The predicted octanol–water partition coefficient (Wildman–Crippen LogP) is 5.56. The van der Waals surface area contributed by atoms with Crippen molar-refractivity contribution >= 4 is 57.5 Å². The third-order valence-electron chi connectivity index (χ3n) is 4.87. The number of amides is 1. The maximum Gasteiger partial charge on any atom is 0.262 e. The molecule has 32 heavy (non-hydrogen) atoms. The molecule has 0 aliphatic heterocycles. The van der Waals surface area contributed by atoms with Crippen molar-refractivity contribution in [1.82, 2.24) is 9.55 Å². The number of fused-ring (bicyclic) bond motifs is 1. The summed E-state index contributed by atoms with van der Waals surface area (Å²) in [5, 5.41) is 4.40. The summed E-state index contributed by atoms with van der Waals surface area (Å²) in [5.74, 6) is -0.207. The summed E-state index contributed by atoms with van der Waals surface area (Å²) in [4.78, 5) is 30.7. The van der Waals surface area contributed by atoms with E-state index in [1.807, 2.05) is 19.9 Å². The first-order valence-electron chi connectivity index (χ1n) is 10.3. The number of rotatable bonds is 9. The molecule has 1 N–H and O–H groups in total. The van der Waals surface area contributed by atoms with Gasteiger partial charge in [0.15, 0.2) is 5.16 Å².